The highest BCUT2D eigenvalue weighted by molar-refractivity contribution is 7.14. The average molecular weight is 316 g/mol. The van der Waals surface area contributed by atoms with Gasteiger partial charge >= 0.3 is 0 Å². The largest absolute Gasteiger partial charge is 0.147 e. The molecule has 0 amide bonds. The fourth-order valence-corrected chi connectivity index (χ4v) is 3.68. The van der Waals surface area contributed by atoms with E-state index in [4.69, 9.17) is 0 Å². The second kappa shape index (κ2) is 6.87. The molecule has 3 aromatic rings. The van der Waals surface area contributed by atoms with Crippen molar-refractivity contribution in [1.82, 2.24) is 20.4 Å². The van der Waals surface area contributed by atoms with E-state index in [0.29, 0.717) is 0 Å². The first kappa shape index (κ1) is 14.3. The van der Waals surface area contributed by atoms with Gasteiger partial charge in [0.2, 0.25) is 0 Å². The van der Waals surface area contributed by atoms with Crippen LogP contribution in [0.1, 0.15) is 27.9 Å². The molecular formula is C15H16N4S2. The highest BCUT2D eigenvalue weighted by Crippen LogP contribution is 2.24. The minimum atomic E-state index is 0.988. The molecule has 4 nitrogen and oxygen atoms in total. The molecule has 3 rings (SSSR count). The van der Waals surface area contributed by atoms with Gasteiger partial charge in [-0.3, -0.25) is 0 Å². The van der Waals surface area contributed by atoms with Crippen LogP contribution in [0, 0.1) is 6.92 Å². The fourth-order valence-electron chi connectivity index (χ4n) is 2.04. The summed E-state index contributed by atoms with van der Waals surface area (Å²) in [6.07, 6.45) is 4.23. The number of hydrogen-bond acceptors (Lipinski definition) is 6. The summed E-state index contributed by atoms with van der Waals surface area (Å²) in [4.78, 5) is 0. The Morgan fingerprint density at radius 2 is 1.48 bits per heavy atom. The maximum Gasteiger partial charge on any atom is 0.147 e. The van der Waals surface area contributed by atoms with Crippen LogP contribution in [0.4, 0.5) is 0 Å². The monoisotopic (exact) mass is 316 g/mol. The molecule has 21 heavy (non-hydrogen) atoms. The molecule has 108 valence electrons. The number of aromatic nitrogens is 4. The van der Waals surface area contributed by atoms with E-state index in [9.17, 15) is 0 Å². The predicted molar refractivity (Wildman–Crippen MR) is 86.6 cm³/mol. The van der Waals surface area contributed by atoms with Crippen LogP contribution in [0.15, 0.2) is 30.3 Å². The molecule has 0 spiro atoms. The minimum Gasteiger partial charge on any atom is -0.144 e. The van der Waals surface area contributed by atoms with Crippen molar-refractivity contribution in [2.75, 3.05) is 0 Å². The van der Waals surface area contributed by atoms with E-state index in [-0.39, 0.29) is 0 Å². The number of hydrogen-bond donors (Lipinski definition) is 0. The Bertz CT molecular complexity index is 691. The van der Waals surface area contributed by atoms with Crippen LogP contribution in [0.2, 0.25) is 0 Å². The molecule has 2 aromatic heterocycles. The van der Waals surface area contributed by atoms with Crippen LogP contribution in [-0.4, -0.2) is 20.4 Å². The molecule has 0 aliphatic rings. The third-order valence-corrected chi connectivity index (χ3v) is 5.02. The molecule has 0 saturated heterocycles. The lowest BCUT2D eigenvalue weighted by Gasteiger charge is -1.95. The fraction of sp³-hybridized carbons (Fsp3) is 0.333. The first-order valence-corrected chi connectivity index (χ1v) is 8.61. The summed E-state index contributed by atoms with van der Waals surface area (Å²) in [5, 5.41) is 21.0. The normalized spacial score (nSPS) is 10.9. The number of unbranched alkanes of at least 4 members (excludes halogenated alkanes) is 1. The summed E-state index contributed by atoms with van der Waals surface area (Å²) in [6, 6.07) is 10.2. The second-order valence-electron chi connectivity index (χ2n) is 4.79. The second-order valence-corrected chi connectivity index (χ2v) is 7.12. The number of benzene rings is 1. The van der Waals surface area contributed by atoms with Crippen LogP contribution in [-0.2, 0) is 12.8 Å². The van der Waals surface area contributed by atoms with Crippen LogP contribution in [0.25, 0.3) is 10.6 Å². The van der Waals surface area contributed by atoms with Crippen molar-refractivity contribution >= 4 is 22.7 Å². The molecule has 0 radical (unpaired) electrons. The van der Waals surface area contributed by atoms with Crippen molar-refractivity contribution in [2.24, 2.45) is 0 Å². The Morgan fingerprint density at radius 1 is 0.810 bits per heavy atom. The summed E-state index contributed by atoms with van der Waals surface area (Å²) in [7, 11) is 0. The zero-order valence-electron chi connectivity index (χ0n) is 11.8. The van der Waals surface area contributed by atoms with E-state index in [2.05, 4.69) is 32.5 Å². The Hall–Kier alpha value is -1.66. The molecule has 0 fully saturated rings. The van der Waals surface area contributed by atoms with Gasteiger partial charge in [0, 0.05) is 18.4 Å². The molecule has 0 aliphatic heterocycles. The summed E-state index contributed by atoms with van der Waals surface area (Å²) in [5.41, 5.74) is 1.14. The van der Waals surface area contributed by atoms with Crippen molar-refractivity contribution in [3.05, 3.63) is 45.4 Å². The van der Waals surface area contributed by atoms with E-state index in [0.717, 1.165) is 51.3 Å². The molecule has 0 atom stereocenters. The molecule has 2 heterocycles. The van der Waals surface area contributed by atoms with Gasteiger partial charge in [-0.05, 0) is 19.8 Å². The Morgan fingerprint density at radius 3 is 2.14 bits per heavy atom. The Labute approximate surface area is 131 Å². The number of nitrogens with zero attached hydrogens (tertiary/aromatic N) is 4. The SMILES string of the molecule is Cc1nnc(CCCCc2nnc(-c3ccccc3)s2)s1. The van der Waals surface area contributed by atoms with Crippen LogP contribution in [0.3, 0.4) is 0 Å². The number of aryl methyl sites for hydroxylation is 3. The number of rotatable bonds is 6. The quantitative estimate of drug-likeness (QED) is 0.647. The van der Waals surface area contributed by atoms with E-state index in [1.165, 1.54) is 0 Å². The molecule has 1 aromatic carbocycles. The van der Waals surface area contributed by atoms with E-state index >= 15 is 0 Å². The topological polar surface area (TPSA) is 51.6 Å². The predicted octanol–water partition coefficient (Wildman–Crippen LogP) is 3.93. The van der Waals surface area contributed by atoms with Crippen molar-refractivity contribution in [1.29, 1.82) is 0 Å². The van der Waals surface area contributed by atoms with E-state index in [1.807, 2.05) is 25.1 Å². The molecular weight excluding hydrogens is 300 g/mol. The third kappa shape index (κ3) is 3.92. The molecule has 0 saturated carbocycles. The standard InChI is InChI=1S/C15H16N4S2/c1-11-16-17-13(20-11)9-5-6-10-14-18-19-15(21-14)12-7-3-2-4-8-12/h2-4,7-8H,5-6,9-10H2,1H3. The average Bonchev–Trinajstić information content (AvgIpc) is 3.14. The van der Waals surface area contributed by atoms with Gasteiger partial charge in [0.15, 0.2) is 0 Å². The first-order chi connectivity index (χ1) is 10.3. The summed E-state index contributed by atoms with van der Waals surface area (Å²) in [6.45, 7) is 1.99. The molecule has 6 heteroatoms. The van der Waals surface area contributed by atoms with E-state index < -0.39 is 0 Å². The first-order valence-electron chi connectivity index (χ1n) is 6.98. The van der Waals surface area contributed by atoms with Gasteiger partial charge in [-0.15, -0.1) is 31.7 Å². The van der Waals surface area contributed by atoms with E-state index in [1.54, 1.807) is 22.7 Å². The highest BCUT2D eigenvalue weighted by Gasteiger charge is 2.06. The Balaban J connectivity index is 1.49. The lowest BCUT2D eigenvalue weighted by molar-refractivity contribution is 0.718. The van der Waals surface area contributed by atoms with Crippen molar-refractivity contribution in [3.63, 3.8) is 0 Å². The summed E-state index contributed by atoms with van der Waals surface area (Å²) >= 11 is 3.38. The Kier molecular flexibility index (Phi) is 4.67. The third-order valence-electron chi connectivity index (χ3n) is 3.09. The van der Waals surface area contributed by atoms with Gasteiger partial charge in [0.1, 0.15) is 20.0 Å². The molecule has 0 aliphatic carbocycles. The van der Waals surface area contributed by atoms with Gasteiger partial charge in [0.05, 0.1) is 0 Å². The van der Waals surface area contributed by atoms with Crippen LogP contribution < -0.4 is 0 Å². The maximum absolute atomic E-state index is 4.28. The van der Waals surface area contributed by atoms with Crippen molar-refractivity contribution in [2.45, 2.75) is 32.6 Å². The van der Waals surface area contributed by atoms with Crippen molar-refractivity contribution in [3.8, 4) is 10.6 Å². The highest BCUT2D eigenvalue weighted by atomic mass is 32.1. The van der Waals surface area contributed by atoms with Gasteiger partial charge in [-0.1, -0.05) is 41.7 Å². The smallest absolute Gasteiger partial charge is 0.144 e. The molecule has 0 bridgehead atoms. The van der Waals surface area contributed by atoms with Crippen LogP contribution in [0.5, 0.6) is 0 Å². The lowest BCUT2D eigenvalue weighted by Crippen LogP contribution is -1.88. The summed E-state index contributed by atoms with van der Waals surface area (Å²) in [5.74, 6) is 0. The maximum atomic E-state index is 4.28. The van der Waals surface area contributed by atoms with Gasteiger partial charge in [-0.25, -0.2) is 0 Å². The molecule has 0 N–H and O–H groups in total. The van der Waals surface area contributed by atoms with Gasteiger partial charge in [0.25, 0.3) is 0 Å². The zero-order valence-corrected chi connectivity index (χ0v) is 13.5. The van der Waals surface area contributed by atoms with Gasteiger partial charge < -0.3 is 0 Å². The van der Waals surface area contributed by atoms with Gasteiger partial charge in [-0.2, -0.15) is 0 Å². The minimum absolute atomic E-state index is 0.988. The zero-order chi connectivity index (χ0) is 14.5. The summed E-state index contributed by atoms with van der Waals surface area (Å²) < 4.78 is 0. The van der Waals surface area contributed by atoms with Crippen molar-refractivity contribution < 1.29 is 0 Å². The van der Waals surface area contributed by atoms with Crippen LogP contribution >= 0.6 is 22.7 Å². The molecule has 0 unspecified atom stereocenters. The lowest BCUT2D eigenvalue weighted by atomic mass is 10.2.